The maximum atomic E-state index is 12.9. The number of likely N-dealkylation sites (tertiary alicyclic amines) is 1. The van der Waals surface area contributed by atoms with Crippen molar-refractivity contribution in [3.05, 3.63) is 28.8 Å². The first kappa shape index (κ1) is 16.7. The molecule has 2 atom stereocenters. The summed E-state index contributed by atoms with van der Waals surface area (Å²) in [5, 5.41) is 0.444. The molecule has 1 aliphatic carbocycles. The van der Waals surface area contributed by atoms with Crippen LogP contribution < -0.4 is 5.73 Å². The van der Waals surface area contributed by atoms with Gasteiger partial charge in [-0.2, -0.15) is 0 Å². The summed E-state index contributed by atoms with van der Waals surface area (Å²) in [6, 6.07) is 5.46. The molecule has 2 fully saturated rings. The SMILES string of the molecule is CSc1ccc(Cl)c(C(=O)N2C[C@@H]3C(C)(C)C[C@]3(C(N)=O)C2)c1. The van der Waals surface area contributed by atoms with Crippen LogP contribution in [0.25, 0.3) is 0 Å². The van der Waals surface area contributed by atoms with Gasteiger partial charge in [0.1, 0.15) is 0 Å². The first-order chi connectivity index (χ1) is 10.7. The van der Waals surface area contributed by atoms with Gasteiger partial charge in [0, 0.05) is 18.0 Å². The van der Waals surface area contributed by atoms with Crippen molar-refractivity contribution in [2.75, 3.05) is 19.3 Å². The summed E-state index contributed by atoms with van der Waals surface area (Å²) in [4.78, 5) is 27.6. The van der Waals surface area contributed by atoms with Crippen molar-refractivity contribution in [1.29, 1.82) is 0 Å². The van der Waals surface area contributed by atoms with E-state index < -0.39 is 5.41 Å². The van der Waals surface area contributed by atoms with Crippen molar-refractivity contribution in [1.82, 2.24) is 4.90 Å². The van der Waals surface area contributed by atoms with Crippen LogP contribution in [0.3, 0.4) is 0 Å². The zero-order chi connectivity index (χ0) is 17.0. The minimum atomic E-state index is -0.567. The van der Waals surface area contributed by atoms with Crippen LogP contribution in [-0.4, -0.2) is 36.1 Å². The van der Waals surface area contributed by atoms with Gasteiger partial charge < -0.3 is 10.6 Å². The molecule has 1 aliphatic heterocycles. The van der Waals surface area contributed by atoms with Crippen molar-refractivity contribution in [3.8, 4) is 0 Å². The molecular weight excluding hydrogens is 332 g/mol. The van der Waals surface area contributed by atoms with E-state index in [1.54, 1.807) is 22.7 Å². The Balaban J connectivity index is 1.89. The minimum absolute atomic E-state index is 0.0367. The molecule has 3 rings (SSSR count). The Kier molecular flexibility index (Phi) is 3.92. The lowest BCUT2D eigenvalue weighted by Crippen LogP contribution is -2.59. The zero-order valence-electron chi connectivity index (χ0n) is 13.6. The van der Waals surface area contributed by atoms with Crippen LogP contribution in [-0.2, 0) is 4.79 Å². The van der Waals surface area contributed by atoms with Crippen molar-refractivity contribution in [2.45, 2.75) is 25.2 Å². The van der Waals surface area contributed by atoms with E-state index in [-0.39, 0.29) is 23.1 Å². The third-order valence-electron chi connectivity index (χ3n) is 5.44. The fourth-order valence-corrected chi connectivity index (χ4v) is 4.99. The van der Waals surface area contributed by atoms with Crippen molar-refractivity contribution in [2.24, 2.45) is 22.5 Å². The molecule has 0 radical (unpaired) electrons. The number of rotatable bonds is 3. The summed E-state index contributed by atoms with van der Waals surface area (Å²) in [6.07, 6.45) is 2.69. The summed E-state index contributed by atoms with van der Waals surface area (Å²) in [5.41, 5.74) is 5.63. The molecule has 1 saturated heterocycles. The van der Waals surface area contributed by atoms with E-state index in [0.29, 0.717) is 23.7 Å². The number of carbonyl (C=O) groups excluding carboxylic acids is 2. The van der Waals surface area contributed by atoms with Crippen LogP contribution in [0.4, 0.5) is 0 Å². The summed E-state index contributed by atoms with van der Waals surface area (Å²) in [6.45, 7) is 5.23. The largest absolute Gasteiger partial charge is 0.369 e. The van der Waals surface area contributed by atoms with Crippen molar-refractivity contribution < 1.29 is 9.59 Å². The Hall–Kier alpha value is -1.20. The molecule has 0 aromatic heterocycles. The molecule has 0 unspecified atom stereocenters. The quantitative estimate of drug-likeness (QED) is 0.850. The maximum absolute atomic E-state index is 12.9. The Morgan fingerprint density at radius 3 is 2.61 bits per heavy atom. The monoisotopic (exact) mass is 352 g/mol. The van der Waals surface area contributed by atoms with E-state index in [1.807, 2.05) is 18.4 Å². The van der Waals surface area contributed by atoms with E-state index in [1.165, 1.54) is 0 Å². The molecule has 4 nitrogen and oxygen atoms in total. The molecule has 2 aliphatic rings. The Bertz CT molecular complexity index is 691. The Labute approximate surface area is 145 Å². The van der Waals surface area contributed by atoms with Gasteiger partial charge in [0.15, 0.2) is 0 Å². The number of carbonyl (C=O) groups is 2. The number of halogens is 1. The predicted octanol–water partition coefficient (Wildman–Crippen LogP) is 3.04. The van der Waals surface area contributed by atoms with Gasteiger partial charge in [0.2, 0.25) is 5.91 Å². The van der Waals surface area contributed by atoms with E-state index in [4.69, 9.17) is 17.3 Å². The zero-order valence-corrected chi connectivity index (χ0v) is 15.1. The predicted molar refractivity (Wildman–Crippen MR) is 92.7 cm³/mol. The fraction of sp³-hybridized carbons (Fsp3) is 0.529. The molecule has 1 aromatic rings. The second kappa shape index (κ2) is 5.42. The molecule has 1 saturated carbocycles. The number of thioether (sulfide) groups is 1. The van der Waals surface area contributed by atoms with Gasteiger partial charge in [-0.1, -0.05) is 25.4 Å². The number of benzene rings is 1. The van der Waals surface area contributed by atoms with Gasteiger partial charge in [0.05, 0.1) is 16.0 Å². The third kappa shape index (κ3) is 2.45. The number of fused-ring (bicyclic) bond motifs is 1. The topological polar surface area (TPSA) is 63.4 Å². The van der Waals surface area contributed by atoms with Crippen LogP contribution in [0.2, 0.25) is 5.02 Å². The van der Waals surface area contributed by atoms with Crippen LogP contribution in [0.1, 0.15) is 30.6 Å². The van der Waals surface area contributed by atoms with Gasteiger partial charge in [-0.25, -0.2) is 0 Å². The number of nitrogens with two attached hydrogens (primary N) is 1. The lowest BCUT2D eigenvalue weighted by Gasteiger charge is -2.54. The highest BCUT2D eigenvalue weighted by Gasteiger charge is 2.66. The standard InChI is InChI=1S/C17H21ClN2O2S/c1-16(2)8-17(15(19)22)9-20(7-13(16)17)14(21)11-6-10(23-3)4-5-12(11)18/h4-6,13H,7-9H2,1-3H3,(H2,19,22)/t13-,17+/m1/s1. The summed E-state index contributed by atoms with van der Waals surface area (Å²) < 4.78 is 0. The smallest absolute Gasteiger partial charge is 0.255 e. The molecule has 0 spiro atoms. The van der Waals surface area contributed by atoms with Crippen LogP contribution >= 0.6 is 23.4 Å². The number of primary amides is 1. The maximum Gasteiger partial charge on any atom is 0.255 e. The van der Waals surface area contributed by atoms with Crippen molar-refractivity contribution >= 4 is 35.2 Å². The summed E-state index contributed by atoms with van der Waals surface area (Å²) in [7, 11) is 0. The number of hydrogen-bond acceptors (Lipinski definition) is 3. The van der Waals surface area contributed by atoms with E-state index >= 15 is 0 Å². The van der Waals surface area contributed by atoms with Crippen LogP contribution in [0, 0.1) is 16.7 Å². The fourth-order valence-electron chi connectivity index (χ4n) is 4.35. The van der Waals surface area contributed by atoms with Crippen LogP contribution in [0.15, 0.2) is 23.1 Å². The Morgan fingerprint density at radius 1 is 1.39 bits per heavy atom. The molecule has 0 bridgehead atoms. The number of nitrogens with zero attached hydrogens (tertiary/aromatic N) is 1. The van der Waals surface area contributed by atoms with Gasteiger partial charge in [-0.05, 0) is 42.2 Å². The normalized spacial score (nSPS) is 28.2. The lowest BCUT2D eigenvalue weighted by atomic mass is 9.48. The van der Waals surface area contributed by atoms with Crippen LogP contribution in [0.5, 0.6) is 0 Å². The lowest BCUT2D eigenvalue weighted by molar-refractivity contribution is -0.148. The number of hydrogen-bond donors (Lipinski definition) is 1. The average molecular weight is 353 g/mol. The molecule has 124 valence electrons. The second-order valence-corrected chi connectivity index (χ2v) is 8.56. The first-order valence-electron chi connectivity index (χ1n) is 7.64. The van der Waals surface area contributed by atoms with Gasteiger partial charge in [0.25, 0.3) is 5.91 Å². The molecular formula is C17H21ClN2O2S. The Morgan fingerprint density at radius 2 is 2.09 bits per heavy atom. The van der Waals surface area contributed by atoms with Gasteiger partial charge in [-0.15, -0.1) is 11.8 Å². The first-order valence-corrected chi connectivity index (χ1v) is 9.24. The van der Waals surface area contributed by atoms with E-state index in [2.05, 4.69) is 13.8 Å². The van der Waals surface area contributed by atoms with E-state index in [9.17, 15) is 9.59 Å². The molecule has 2 amide bonds. The highest BCUT2D eigenvalue weighted by molar-refractivity contribution is 7.98. The third-order valence-corrected chi connectivity index (χ3v) is 6.49. The van der Waals surface area contributed by atoms with Gasteiger partial charge >= 0.3 is 0 Å². The summed E-state index contributed by atoms with van der Waals surface area (Å²) >= 11 is 7.79. The highest BCUT2D eigenvalue weighted by Crippen LogP contribution is 2.62. The number of amides is 2. The summed E-state index contributed by atoms with van der Waals surface area (Å²) in [5.74, 6) is -0.281. The highest BCUT2D eigenvalue weighted by atomic mass is 35.5. The van der Waals surface area contributed by atoms with Gasteiger partial charge in [-0.3, -0.25) is 9.59 Å². The molecule has 6 heteroatoms. The van der Waals surface area contributed by atoms with E-state index in [0.717, 1.165) is 11.3 Å². The minimum Gasteiger partial charge on any atom is -0.369 e. The molecule has 1 aromatic carbocycles. The molecule has 23 heavy (non-hydrogen) atoms. The van der Waals surface area contributed by atoms with Crippen molar-refractivity contribution in [3.63, 3.8) is 0 Å². The average Bonchev–Trinajstić information content (AvgIpc) is 2.83. The molecule has 1 heterocycles. The molecule has 2 N–H and O–H groups in total. The second-order valence-electron chi connectivity index (χ2n) is 7.27.